The molecule has 1 aromatic carbocycles. The molecule has 6 rings (SSSR count). The number of tetrazole rings is 1. The smallest absolute Gasteiger partial charge is 0.222 e. The minimum absolute atomic E-state index is 0.000603. The molecule has 0 spiro atoms. The fourth-order valence-corrected chi connectivity index (χ4v) is 4.57. The molecule has 41 heavy (non-hydrogen) atoms. The second-order valence-corrected chi connectivity index (χ2v) is 9.27. The highest BCUT2D eigenvalue weighted by Crippen LogP contribution is 2.33. The van der Waals surface area contributed by atoms with Gasteiger partial charge in [-0.15, -0.1) is 5.10 Å². The van der Waals surface area contributed by atoms with Crippen LogP contribution in [0.25, 0.3) is 27.9 Å². The van der Waals surface area contributed by atoms with E-state index in [1.807, 2.05) is 0 Å². The van der Waals surface area contributed by atoms with E-state index >= 15 is 4.39 Å². The number of benzene rings is 1. The summed E-state index contributed by atoms with van der Waals surface area (Å²) in [6, 6.07) is 7.93. The van der Waals surface area contributed by atoms with Crippen molar-refractivity contribution in [3.05, 3.63) is 107 Å². The molecule has 5 aromatic heterocycles. The number of nitrogens with zero attached hydrogens (tertiary/aromatic N) is 10. The van der Waals surface area contributed by atoms with Crippen LogP contribution < -0.4 is 10.5 Å². The maximum Gasteiger partial charge on any atom is 0.222 e. The first-order valence-corrected chi connectivity index (χ1v) is 12.3. The van der Waals surface area contributed by atoms with E-state index in [-0.39, 0.29) is 45.5 Å². The number of halogens is 4. The lowest BCUT2D eigenvalue weighted by Gasteiger charge is -2.18. The number of hydrogen-bond acceptors (Lipinski definition) is 8. The zero-order chi connectivity index (χ0) is 28.7. The van der Waals surface area contributed by atoms with Crippen LogP contribution in [-0.2, 0) is 6.54 Å². The maximum atomic E-state index is 15.3. The highest BCUT2D eigenvalue weighted by molar-refractivity contribution is 6.31. The van der Waals surface area contributed by atoms with Gasteiger partial charge < -0.3 is 10.9 Å². The van der Waals surface area contributed by atoms with Crippen molar-refractivity contribution >= 4 is 17.4 Å². The summed E-state index contributed by atoms with van der Waals surface area (Å²) >= 11 is 6.05. The van der Waals surface area contributed by atoms with Crippen molar-refractivity contribution in [3.8, 4) is 27.9 Å². The van der Waals surface area contributed by atoms with Gasteiger partial charge in [0.2, 0.25) is 11.6 Å². The van der Waals surface area contributed by atoms with Crippen LogP contribution in [0.4, 0.5) is 19.0 Å². The molecule has 206 valence electrons. The Kier molecular flexibility index (Phi) is 6.55. The van der Waals surface area contributed by atoms with Crippen molar-refractivity contribution in [1.29, 1.82) is 0 Å². The lowest BCUT2D eigenvalue weighted by Crippen LogP contribution is -2.37. The number of aromatic nitrogens is 10. The van der Waals surface area contributed by atoms with Gasteiger partial charge in [-0.1, -0.05) is 11.6 Å². The second kappa shape index (κ2) is 10.3. The van der Waals surface area contributed by atoms with Crippen LogP contribution in [0.3, 0.4) is 0 Å². The van der Waals surface area contributed by atoms with Crippen molar-refractivity contribution in [2.24, 2.45) is 0 Å². The SMILES string of the molecule is Nc1ccc(-c2cnn(C(Cn3cc(F)cn3)c3ccc(-c4c(-n5cnnn5)ccc(Cl)c4F)c[n+]3[O-])c2)c(F)n1. The Labute approximate surface area is 233 Å². The first-order valence-electron chi connectivity index (χ1n) is 11.9. The minimum Gasteiger partial charge on any atom is -0.618 e. The fourth-order valence-electron chi connectivity index (χ4n) is 4.42. The van der Waals surface area contributed by atoms with Gasteiger partial charge >= 0.3 is 0 Å². The van der Waals surface area contributed by atoms with Crippen molar-refractivity contribution < 1.29 is 17.9 Å². The third-order valence-corrected chi connectivity index (χ3v) is 6.60. The number of nitrogen functional groups attached to an aromatic ring is 1. The summed E-state index contributed by atoms with van der Waals surface area (Å²) in [6.45, 7) is -0.0174. The molecule has 1 atom stereocenters. The summed E-state index contributed by atoms with van der Waals surface area (Å²) in [5.41, 5.74) is 6.67. The highest BCUT2D eigenvalue weighted by atomic mass is 35.5. The predicted molar refractivity (Wildman–Crippen MR) is 139 cm³/mol. The first-order chi connectivity index (χ1) is 19.8. The largest absolute Gasteiger partial charge is 0.618 e. The summed E-state index contributed by atoms with van der Waals surface area (Å²) in [5, 5.41) is 32.6. The molecule has 0 aliphatic carbocycles. The van der Waals surface area contributed by atoms with Crippen molar-refractivity contribution in [1.82, 2.24) is 44.8 Å². The number of nitrogens with two attached hydrogens (primary N) is 1. The lowest BCUT2D eigenvalue weighted by atomic mass is 10.0. The van der Waals surface area contributed by atoms with E-state index in [2.05, 4.69) is 30.7 Å². The van der Waals surface area contributed by atoms with Crippen molar-refractivity contribution in [2.45, 2.75) is 12.6 Å². The lowest BCUT2D eigenvalue weighted by molar-refractivity contribution is -0.615. The molecule has 0 radical (unpaired) electrons. The molecular formula is C25H17ClF3N11O. The monoisotopic (exact) mass is 579 g/mol. The molecule has 1 unspecified atom stereocenters. The van der Waals surface area contributed by atoms with Crippen LogP contribution in [0.15, 0.2) is 73.7 Å². The number of hydrogen-bond donors (Lipinski definition) is 1. The molecule has 0 fully saturated rings. The third kappa shape index (κ3) is 4.93. The summed E-state index contributed by atoms with van der Waals surface area (Å²) in [7, 11) is 0. The highest BCUT2D eigenvalue weighted by Gasteiger charge is 2.27. The molecule has 0 saturated carbocycles. The topological polar surface area (TPSA) is 145 Å². The molecule has 0 aliphatic rings. The number of anilines is 1. The molecule has 6 aromatic rings. The molecule has 2 N–H and O–H groups in total. The Hall–Kier alpha value is -5.31. The van der Waals surface area contributed by atoms with Gasteiger partial charge in [-0.25, -0.2) is 13.8 Å². The van der Waals surface area contributed by atoms with E-state index in [1.165, 1.54) is 75.4 Å². The van der Waals surface area contributed by atoms with E-state index in [0.29, 0.717) is 10.3 Å². The quantitative estimate of drug-likeness (QED) is 0.172. The molecule has 0 aliphatic heterocycles. The molecule has 12 nitrogen and oxygen atoms in total. The molecule has 0 saturated heterocycles. The number of pyridine rings is 2. The minimum atomic E-state index is -0.845. The van der Waals surface area contributed by atoms with Gasteiger partial charge in [-0.2, -0.15) is 24.0 Å². The van der Waals surface area contributed by atoms with Gasteiger partial charge in [0.05, 0.1) is 47.0 Å². The van der Waals surface area contributed by atoms with Gasteiger partial charge in [-0.05, 0) is 40.8 Å². The van der Waals surface area contributed by atoms with Gasteiger partial charge in [0.15, 0.2) is 23.9 Å². The Morgan fingerprint density at radius 3 is 2.56 bits per heavy atom. The Bertz CT molecular complexity index is 1870. The number of rotatable bonds is 7. The van der Waals surface area contributed by atoms with E-state index in [4.69, 9.17) is 17.3 Å². The van der Waals surface area contributed by atoms with E-state index in [1.54, 1.807) is 0 Å². The maximum absolute atomic E-state index is 15.3. The van der Waals surface area contributed by atoms with Crippen LogP contribution in [0, 0.1) is 22.8 Å². The molecule has 16 heteroatoms. The molecule has 5 heterocycles. The van der Waals surface area contributed by atoms with Crippen molar-refractivity contribution in [3.63, 3.8) is 0 Å². The zero-order valence-electron chi connectivity index (χ0n) is 20.7. The molecule has 0 bridgehead atoms. The van der Waals surface area contributed by atoms with Gasteiger partial charge in [0.1, 0.15) is 12.1 Å². The van der Waals surface area contributed by atoms with Crippen LogP contribution in [-0.4, -0.2) is 44.8 Å². The van der Waals surface area contributed by atoms with Gasteiger partial charge in [0.25, 0.3) is 0 Å². The van der Waals surface area contributed by atoms with E-state index in [9.17, 15) is 14.0 Å². The first kappa shape index (κ1) is 25.9. The molecular weight excluding hydrogens is 563 g/mol. The van der Waals surface area contributed by atoms with Crippen LogP contribution in [0.5, 0.6) is 0 Å². The van der Waals surface area contributed by atoms with Crippen LogP contribution in [0.1, 0.15) is 11.7 Å². The summed E-state index contributed by atoms with van der Waals surface area (Å²) in [5.74, 6) is -2.12. The third-order valence-electron chi connectivity index (χ3n) is 6.31. The average Bonchev–Trinajstić information content (AvgIpc) is 3.72. The van der Waals surface area contributed by atoms with Crippen molar-refractivity contribution in [2.75, 3.05) is 5.73 Å². The van der Waals surface area contributed by atoms with E-state index in [0.717, 1.165) is 12.4 Å². The summed E-state index contributed by atoms with van der Waals surface area (Å²) in [6.07, 6.45) is 7.54. The van der Waals surface area contributed by atoms with Crippen LogP contribution >= 0.6 is 11.6 Å². The molecule has 0 amide bonds. The van der Waals surface area contributed by atoms with Gasteiger partial charge in [0, 0.05) is 23.4 Å². The zero-order valence-corrected chi connectivity index (χ0v) is 21.4. The fraction of sp³-hybridized carbons (Fsp3) is 0.0800. The normalized spacial score (nSPS) is 12.1. The Morgan fingerprint density at radius 1 is 1.00 bits per heavy atom. The average molecular weight is 580 g/mol. The van der Waals surface area contributed by atoms with E-state index < -0.39 is 23.6 Å². The summed E-state index contributed by atoms with van der Waals surface area (Å²) in [4.78, 5) is 3.63. The Balaban J connectivity index is 1.44. The summed E-state index contributed by atoms with van der Waals surface area (Å²) < 4.78 is 48.0. The standard InChI is InChI=1S/C25H17ClF3N11O/c26-18-3-5-20(39-13-31-35-36-39)23(24(18)28)14-1-4-19(40(41)10-14)21(12-37-11-16(27)8-32-37)38-9-15(7-33-38)17-2-6-22(30)34-25(17)29/h1-11,13,21H,12H2,(H2,30,34). The van der Waals surface area contributed by atoms with Gasteiger partial charge in [-0.3, -0.25) is 9.36 Å². The predicted octanol–water partition coefficient (Wildman–Crippen LogP) is 3.36. The van der Waals surface area contributed by atoms with Crippen LogP contribution in [0.2, 0.25) is 5.02 Å². The second-order valence-electron chi connectivity index (χ2n) is 8.86. The Morgan fingerprint density at radius 2 is 1.85 bits per heavy atom.